The molecule has 0 radical (unpaired) electrons. The number of furan rings is 1. The second-order valence-corrected chi connectivity index (χ2v) is 5.91. The summed E-state index contributed by atoms with van der Waals surface area (Å²) < 4.78 is 5.32. The van der Waals surface area contributed by atoms with E-state index in [0.717, 1.165) is 30.6 Å². The van der Waals surface area contributed by atoms with Crippen LogP contribution in [0.15, 0.2) is 28.4 Å². The van der Waals surface area contributed by atoms with Crippen LogP contribution in [0.2, 0.25) is 0 Å². The number of Topliss-reactive ketones (excluding diaryl/α,β-unsaturated/α-hetero) is 1. The number of carbonyl (C=O) groups is 1. The van der Waals surface area contributed by atoms with Gasteiger partial charge in [-0.1, -0.05) is 19.8 Å². The average molecular weight is 244 g/mol. The van der Waals surface area contributed by atoms with Crippen molar-refractivity contribution in [2.45, 2.75) is 45.4 Å². The summed E-state index contributed by atoms with van der Waals surface area (Å²) >= 11 is 0. The highest BCUT2D eigenvalue weighted by atomic mass is 16.3. The Kier molecular flexibility index (Phi) is 2.89. The van der Waals surface area contributed by atoms with Gasteiger partial charge in [0.15, 0.2) is 5.78 Å². The summed E-state index contributed by atoms with van der Waals surface area (Å²) in [5, 5.41) is 0. The van der Waals surface area contributed by atoms with Crippen molar-refractivity contribution in [1.82, 2.24) is 0 Å². The van der Waals surface area contributed by atoms with Gasteiger partial charge in [0.1, 0.15) is 5.76 Å². The standard InChI is InChI=1S/C16H20O2/c1-16-9-3-2-5-13(16)8-7-12(15(16)17)11-14-6-4-10-18-14/h4,6,10-11,13H,2-3,5,7-9H2,1H3/t13-,16+/m0/s1. The van der Waals surface area contributed by atoms with Gasteiger partial charge in [-0.2, -0.15) is 0 Å². The minimum absolute atomic E-state index is 0.102. The molecule has 2 saturated carbocycles. The minimum Gasteiger partial charge on any atom is -0.465 e. The van der Waals surface area contributed by atoms with Crippen LogP contribution in [0.1, 0.15) is 51.2 Å². The van der Waals surface area contributed by atoms with Crippen LogP contribution in [0.25, 0.3) is 6.08 Å². The third-order valence-corrected chi connectivity index (χ3v) is 4.83. The molecule has 1 heterocycles. The summed E-state index contributed by atoms with van der Waals surface area (Å²) in [5.41, 5.74) is 0.861. The molecule has 1 aromatic heterocycles. The molecule has 2 nitrogen and oxygen atoms in total. The Morgan fingerprint density at radius 1 is 1.39 bits per heavy atom. The third-order valence-electron chi connectivity index (χ3n) is 4.83. The first-order chi connectivity index (χ1) is 8.70. The first kappa shape index (κ1) is 11.8. The van der Waals surface area contributed by atoms with Gasteiger partial charge < -0.3 is 4.42 Å². The highest BCUT2D eigenvalue weighted by molar-refractivity contribution is 6.04. The molecule has 1 aromatic rings. The van der Waals surface area contributed by atoms with Crippen LogP contribution in [0.5, 0.6) is 0 Å². The van der Waals surface area contributed by atoms with E-state index in [0.29, 0.717) is 11.7 Å². The molecule has 2 atom stereocenters. The van der Waals surface area contributed by atoms with Crippen LogP contribution in [-0.2, 0) is 4.79 Å². The van der Waals surface area contributed by atoms with E-state index in [4.69, 9.17) is 4.42 Å². The summed E-state index contributed by atoms with van der Waals surface area (Å²) in [6.07, 6.45) is 10.5. The van der Waals surface area contributed by atoms with E-state index in [1.54, 1.807) is 6.26 Å². The lowest BCUT2D eigenvalue weighted by Crippen LogP contribution is -2.42. The van der Waals surface area contributed by atoms with E-state index in [1.807, 2.05) is 18.2 Å². The zero-order chi connectivity index (χ0) is 12.6. The van der Waals surface area contributed by atoms with Crippen molar-refractivity contribution in [3.05, 3.63) is 29.7 Å². The highest BCUT2D eigenvalue weighted by Crippen LogP contribution is 2.49. The Labute approximate surface area is 108 Å². The molecule has 0 aliphatic heterocycles. The van der Waals surface area contributed by atoms with Crippen LogP contribution in [0, 0.1) is 11.3 Å². The Morgan fingerprint density at radius 3 is 3.06 bits per heavy atom. The van der Waals surface area contributed by atoms with Gasteiger partial charge in [0, 0.05) is 5.41 Å². The lowest BCUT2D eigenvalue weighted by Gasteiger charge is -2.44. The Bertz CT molecular complexity index is 469. The molecule has 0 bridgehead atoms. The second kappa shape index (κ2) is 4.42. The minimum atomic E-state index is -0.102. The normalized spacial score (nSPS) is 34.6. The van der Waals surface area contributed by atoms with Gasteiger partial charge in [0.2, 0.25) is 0 Å². The Hall–Kier alpha value is -1.31. The summed E-state index contributed by atoms with van der Waals surface area (Å²) in [7, 11) is 0. The van der Waals surface area contributed by atoms with E-state index in [-0.39, 0.29) is 5.41 Å². The van der Waals surface area contributed by atoms with Crippen LogP contribution in [0.4, 0.5) is 0 Å². The van der Waals surface area contributed by atoms with E-state index < -0.39 is 0 Å². The quantitative estimate of drug-likeness (QED) is 0.692. The highest BCUT2D eigenvalue weighted by Gasteiger charge is 2.46. The molecule has 2 aliphatic carbocycles. The van der Waals surface area contributed by atoms with Crippen molar-refractivity contribution >= 4 is 11.9 Å². The lowest BCUT2D eigenvalue weighted by molar-refractivity contribution is -0.131. The van der Waals surface area contributed by atoms with Gasteiger partial charge in [0.25, 0.3) is 0 Å². The summed E-state index contributed by atoms with van der Waals surface area (Å²) in [6, 6.07) is 3.78. The number of hydrogen-bond acceptors (Lipinski definition) is 2. The van der Waals surface area contributed by atoms with Crippen molar-refractivity contribution in [2.24, 2.45) is 11.3 Å². The third kappa shape index (κ3) is 1.84. The van der Waals surface area contributed by atoms with E-state index >= 15 is 0 Å². The van der Waals surface area contributed by atoms with Gasteiger partial charge >= 0.3 is 0 Å². The van der Waals surface area contributed by atoms with Crippen LogP contribution < -0.4 is 0 Å². The number of fused-ring (bicyclic) bond motifs is 1. The van der Waals surface area contributed by atoms with Crippen molar-refractivity contribution < 1.29 is 9.21 Å². The molecule has 0 aromatic carbocycles. The van der Waals surface area contributed by atoms with Crippen molar-refractivity contribution in [3.8, 4) is 0 Å². The van der Waals surface area contributed by atoms with Crippen molar-refractivity contribution in [2.75, 3.05) is 0 Å². The number of ketones is 1. The number of hydrogen-bond donors (Lipinski definition) is 0. The average Bonchev–Trinajstić information content (AvgIpc) is 2.87. The zero-order valence-electron chi connectivity index (χ0n) is 10.9. The molecule has 0 unspecified atom stereocenters. The first-order valence-electron chi connectivity index (χ1n) is 6.99. The molecule has 0 spiro atoms. The molecule has 2 heteroatoms. The molecule has 2 fully saturated rings. The first-order valence-corrected chi connectivity index (χ1v) is 6.99. The molecular weight excluding hydrogens is 224 g/mol. The molecule has 3 rings (SSSR count). The van der Waals surface area contributed by atoms with E-state index in [2.05, 4.69) is 6.92 Å². The number of rotatable bonds is 1. The van der Waals surface area contributed by atoms with E-state index in [9.17, 15) is 4.79 Å². The molecule has 18 heavy (non-hydrogen) atoms. The van der Waals surface area contributed by atoms with Crippen molar-refractivity contribution in [1.29, 1.82) is 0 Å². The SMILES string of the molecule is C[C@@]12CCCC[C@H]1CCC(=Cc1ccco1)C2=O. The molecular formula is C16H20O2. The maximum atomic E-state index is 12.7. The molecule has 0 saturated heterocycles. The largest absolute Gasteiger partial charge is 0.465 e. The van der Waals surface area contributed by atoms with Gasteiger partial charge in [-0.25, -0.2) is 0 Å². The van der Waals surface area contributed by atoms with Gasteiger partial charge in [-0.3, -0.25) is 4.79 Å². The predicted molar refractivity (Wildman–Crippen MR) is 71.0 cm³/mol. The number of allylic oxidation sites excluding steroid dienone is 1. The summed E-state index contributed by atoms with van der Waals surface area (Å²) in [4.78, 5) is 12.7. The zero-order valence-corrected chi connectivity index (χ0v) is 10.9. The lowest BCUT2D eigenvalue weighted by atomic mass is 9.58. The smallest absolute Gasteiger partial charge is 0.165 e. The van der Waals surface area contributed by atoms with Gasteiger partial charge in [0.05, 0.1) is 6.26 Å². The van der Waals surface area contributed by atoms with Crippen molar-refractivity contribution in [3.63, 3.8) is 0 Å². The van der Waals surface area contributed by atoms with Crippen LogP contribution in [0.3, 0.4) is 0 Å². The fourth-order valence-electron chi connectivity index (χ4n) is 3.66. The topological polar surface area (TPSA) is 30.2 Å². The maximum Gasteiger partial charge on any atom is 0.165 e. The molecule has 0 N–H and O–H groups in total. The second-order valence-electron chi connectivity index (χ2n) is 5.91. The van der Waals surface area contributed by atoms with E-state index in [1.165, 1.54) is 19.3 Å². The summed E-state index contributed by atoms with van der Waals surface area (Å²) in [5.74, 6) is 1.78. The fourth-order valence-corrected chi connectivity index (χ4v) is 3.66. The fraction of sp³-hybridized carbons (Fsp3) is 0.562. The predicted octanol–water partition coefficient (Wildman–Crippen LogP) is 4.22. The summed E-state index contributed by atoms with van der Waals surface area (Å²) in [6.45, 7) is 2.17. The molecule has 96 valence electrons. The number of carbonyl (C=O) groups excluding carboxylic acids is 1. The monoisotopic (exact) mass is 244 g/mol. The Balaban J connectivity index is 1.89. The van der Waals surface area contributed by atoms with Crippen LogP contribution in [-0.4, -0.2) is 5.78 Å². The van der Waals surface area contributed by atoms with Gasteiger partial charge in [-0.15, -0.1) is 0 Å². The molecule has 0 amide bonds. The Morgan fingerprint density at radius 2 is 2.28 bits per heavy atom. The maximum absolute atomic E-state index is 12.7. The molecule has 2 aliphatic rings. The van der Waals surface area contributed by atoms with Crippen LogP contribution >= 0.6 is 0 Å². The van der Waals surface area contributed by atoms with Gasteiger partial charge in [-0.05, 0) is 55.4 Å².